The molecule has 25 heavy (non-hydrogen) atoms. The number of rotatable bonds is 2. The van der Waals surface area contributed by atoms with Gasteiger partial charge in [0, 0.05) is 0 Å². The first-order chi connectivity index (χ1) is 11.6. The first-order valence-corrected chi connectivity index (χ1v) is 9.82. The van der Waals surface area contributed by atoms with Crippen molar-refractivity contribution < 1.29 is 19.7 Å². The van der Waals surface area contributed by atoms with Gasteiger partial charge in [-0.25, -0.2) is 0 Å². The predicted molar refractivity (Wildman–Crippen MR) is 96.9 cm³/mol. The van der Waals surface area contributed by atoms with Gasteiger partial charge in [-0.05, 0) is 68.3 Å². The molecule has 3 aliphatic rings. The van der Waals surface area contributed by atoms with E-state index in [2.05, 4.69) is 13.8 Å². The lowest BCUT2D eigenvalue weighted by Gasteiger charge is -2.57. The van der Waals surface area contributed by atoms with Crippen LogP contribution in [-0.2, 0) is 9.53 Å². The predicted octanol–water partition coefficient (Wildman–Crippen LogP) is 3.60. The molecule has 0 aromatic rings. The minimum absolute atomic E-state index is 0.0220. The summed E-state index contributed by atoms with van der Waals surface area (Å²) < 4.78 is 5.16. The van der Waals surface area contributed by atoms with E-state index in [9.17, 15) is 15.0 Å². The van der Waals surface area contributed by atoms with Crippen LogP contribution in [0.4, 0.5) is 0 Å². The van der Waals surface area contributed by atoms with Crippen molar-refractivity contribution in [3.8, 4) is 0 Å². The van der Waals surface area contributed by atoms with Crippen LogP contribution in [0.5, 0.6) is 0 Å². The van der Waals surface area contributed by atoms with E-state index in [0.717, 1.165) is 44.1 Å². The van der Waals surface area contributed by atoms with E-state index < -0.39 is 17.1 Å². The molecule has 0 bridgehead atoms. The zero-order valence-corrected chi connectivity index (χ0v) is 16.4. The fourth-order valence-corrected chi connectivity index (χ4v) is 6.28. The Morgan fingerprint density at radius 1 is 1.20 bits per heavy atom. The summed E-state index contributed by atoms with van der Waals surface area (Å²) >= 11 is 0. The third-order valence-electron chi connectivity index (χ3n) is 7.94. The minimum atomic E-state index is -1.03. The Balaban J connectivity index is 2.03. The second kappa shape index (κ2) is 6.09. The molecule has 3 rings (SSSR count). The summed E-state index contributed by atoms with van der Waals surface area (Å²) in [6, 6.07) is 0. The van der Waals surface area contributed by atoms with Crippen LogP contribution >= 0.6 is 0 Å². The average Bonchev–Trinajstić information content (AvgIpc) is 2.57. The zero-order valence-electron chi connectivity index (χ0n) is 16.4. The Bertz CT molecular complexity index is 595. The van der Waals surface area contributed by atoms with E-state index in [1.54, 1.807) is 0 Å². The number of hydrogen-bond acceptors (Lipinski definition) is 4. The lowest BCUT2D eigenvalue weighted by Crippen LogP contribution is -2.56. The van der Waals surface area contributed by atoms with Crippen LogP contribution in [0, 0.1) is 22.7 Å². The first-order valence-electron chi connectivity index (χ1n) is 9.82. The fourth-order valence-electron chi connectivity index (χ4n) is 6.28. The number of carbonyl (C=O) groups excluding carboxylic acids is 1. The molecule has 142 valence electrons. The lowest BCUT2D eigenvalue weighted by molar-refractivity contribution is -0.164. The minimum Gasteiger partial charge on any atom is -0.469 e. The summed E-state index contributed by atoms with van der Waals surface area (Å²) in [6.45, 7) is 8.31. The molecule has 0 aromatic carbocycles. The number of allylic oxidation sites excluding steroid dienone is 1. The number of hydrogen-bond donors (Lipinski definition) is 2. The number of aliphatic hydroxyl groups is 2. The molecule has 1 fully saturated rings. The highest BCUT2D eigenvalue weighted by atomic mass is 16.5. The van der Waals surface area contributed by atoms with E-state index in [1.807, 2.05) is 13.8 Å². The van der Waals surface area contributed by atoms with Crippen molar-refractivity contribution >= 4 is 5.97 Å². The first kappa shape index (κ1) is 18.9. The van der Waals surface area contributed by atoms with Crippen molar-refractivity contribution in [2.45, 2.75) is 84.3 Å². The number of aliphatic hydroxyl groups excluding tert-OH is 1. The summed E-state index contributed by atoms with van der Waals surface area (Å²) in [5.74, 6) is 0.175. The summed E-state index contributed by atoms with van der Waals surface area (Å²) in [7, 11) is 1.49. The van der Waals surface area contributed by atoms with Gasteiger partial charge in [0.05, 0.1) is 18.1 Å². The van der Waals surface area contributed by atoms with E-state index >= 15 is 0 Å². The summed E-state index contributed by atoms with van der Waals surface area (Å²) in [5.41, 5.74) is 0.819. The SMILES string of the molecule is COC(=O)[C@]1(C)CCC[C@]2(C)C3=C(CC[C@@H]12)[C@H](O)[C@@](O)(C(C)C)CC3. The highest BCUT2D eigenvalue weighted by Gasteiger charge is 2.58. The van der Waals surface area contributed by atoms with Crippen molar-refractivity contribution in [1.29, 1.82) is 0 Å². The van der Waals surface area contributed by atoms with E-state index in [0.29, 0.717) is 6.42 Å². The Labute approximate surface area is 151 Å². The molecule has 0 radical (unpaired) electrons. The maximum Gasteiger partial charge on any atom is 0.311 e. The third-order valence-corrected chi connectivity index (χ3v) is 7.94. The van der Waals surface area contributed by atoms with Crippen molar-refractivity contribution in [2.24, 2.45) is 22.7 Å². The monoisotopic (exact) mass is 350 g/mol. The van der Waals surface area contributed by atoms with Gasteiger partial charge < -0.3 is 14.9 Å². The number of ether oxygens (including phenoxy) is 1. The molecule has 4 nitrogen and oxygen atoms in total. The maximum atomic E-state index is 12.6. The van der Waals surface area contributed by atoms with Crippen LogP contribution in [0.15, 0.2) is 11.1 Å². The number of fused-ring (bicyclic) bond motifs is 2. The normalized spacial score (nSPS) is 44.3. The quantitative estimate of drug-likeness (QED) is 0.590. The van der Waals surface area contributed by atoms with Gasteiger partial charge in [0.25, 0.3) is 0 Å². The molecule has 2 N–H and O–H groups in total. The van der Waals surface area contributed by atoms with Gasteiger partial charge in [-0.1, -0.05) is 32.8 Å². The number of methoxy groups -OCH3 is 1. The Kier molecular flexibility index (Phi) is 4.61. The molecule has 0 amide bonds. The summed E-state index contributed by atoms with van der Waals surface area (Å²) in [6.07, 6.45) is 5.23. The molecular formula is C21H34O4. The molecule has 4 heteroatoms. The van der Waals surface area contributed by atoms with Gasteiger partial charge in [0.15, 0.2) is 0 Å². The second-order valence-electron chi connectivity index (χ2n) is 9.32. The fraction of sp³-hybridized carbons (Fsp3) is 0.857. The maximum absolute atomic E-state index is 12.6. The molecule has 1 saturated carbocycles. The van der Waals surface area contributed by atoms with Gasteiger partial charge in [-0.3, -0.25) is 4.79 Å². The van der Waals surface area contributed by atoms with Crippen molar-refractivity contribution in [3.63, 3.8) is 0 Å². The number of esters is 1. The standard InChI is InChI=1S/C21H34O4/c1-13(2)21(24)12-9-15-14(17(21)22)7-8-16-19(15,3)10-6-11-20(16,4)18(23)25-5/h13,16-17,22,24H,6-12H2,1-5H3/t16-,17+,19-,20-,21+/m1/s1. The number of carbonyl (C=O) groups is 1. The molecule has 0 spiro atoms. The second-order valence-corrected chi connectivity index (χ2v) is 9.32. The van der Waals surface area contributed by atoms with E-state index in [4.69, 9.17) is 4.74 Å². The Morgan fingerprint density at radius 2 is 1.88 bits per heavy atom. The molecule has 0 saturated heterocycles. The molecule has 0 unspecified atom stereocenters. The highest BCUT2D eigenvalue weighted by Crippen LogP contribution is 2.62. The van der Waals surface area contributed by atoms with Gasteiger partial charge in [-0.15, -0.1) is 0 Å². The highest BCUT2D eigenvalue weighted by molar-refractivity contribution is 5.77. The van der Waals surface area contributed by atoms with Crippen LogP contribution in [0.2, 0.25) is 0 Å². The van der Waals surface area contributed by atoms with Crippen molar-refractivity contribution in [2.75, 3.05) is 7.11 Å². The molecular weight excluding hydrogens is 316 g/mol. The van der Waals surface area contributed by atoms with Crippen LogP contribution in [0.1, 0.15) is 72.6 Å². The van der Waals surface area contributed by atoms with Crippen LogP contribution in [-0.4, -0.2) is 35.0 Å². The average molecular weight is 350 g/mol. The van der Waals surface area contributed by atoms with Gasteiger partial charge in [0.2, 0.25) is 0 Å². The van der Waals surface area contributed by atoms with Crippen molar-refractivity contribution in [3.05, 3.63) is 11.1 Å². The molecule has 3 aliphatic carbocycles. The zero-order chi connectivity index (χ0) is 18.6. The van der Waals surface area contributed by atoms with E-state index in [-0.39, 0.29) is 23.2 Å². The largest absolute Gasteiger partial charge is 0.469 e. The molecule has 0 heterocycles. The molecule has 0 aromatic heterocycles. The van der Waals surface area contributed by atoms with Gasteiger partial charge in [-0.2, -0.15) is 0 Å². The molecule has 0 aliphatic heterocycles. The third kappa shape index (κ3) is 2.51. The van der Waals surface area contributed by atoms with Gasteiger partial charge in [0.1, 0.15) is 6.10 Å². The topological polar surface area (TPSA) is 66.8 Å². The lowest BCUT2D eigenvalue weighted by atomic mass is 9.47. The van der Waals surface area contributed by atoms with Crippen LogP contribution < -0.4 is 0 Å². The summed E-state index contributed by atoms with van der Waals surface area (Å²) in [4.78, 5) is 12.6. The summed E-state index contributed by atoms with van der Waals surface area (Å²) in [5, 5.41) is 22.0. The van der Waals surface area contributed by atoms with Gasteiger partial charge >= 0.3 is 5.97 Å². The van der Waals surface area contributed by atoms with Crippen molar-refractivity contribution in [1.82, 2.24) is 0 Å². The van der Waals surface area contributed by atoms with Crippen LogP contribution in [0.25, 0.3) is 0 Å². The van der Waals surface area contributed by atoms with Crippen LogP contribution in [0.3, 0.4) is 0 Å². The Hall–Kier alpha value is -0.870. The van der Waals surface area contributed by atoms with E-state index in [1.165, 1.54) is 12.7 Å². The smallest absolute Gasteiger partial charge is 0.311 e. The Morgan fingerprint density at radius 3 is 2.48 bits per heavy atom. The molecule has 5 atom stereocenters.